The van der Waals surface area contributed by atoms with Crippen LogP contribution >= 0.6 is 0 Å². The Morgan fingerprint density at radius 1 is 0.319 bits per heavy atom. The van der Waals surface area contributed by atoms with Gasteiger partial charge < -0.3 is 4.90 Å². The highest BCUT2D eigenvalue weighted by Crippen LogP contribution is 2.63. The lowest BCUT2D eigenvalue weighted by molar-refractivity contribution is 0.753. The topological polar surface area (TPSA) is 51.8 Å². The lowest BCUT2D eigenvalue weighted by atomic mass is 9.64. The van der Waals surface area contributed by atoms with Crippen LogP contribution in [0.2, 0.25) is 0 Å². The van der Waals surface area contributed by atoms with Crippen molar-refractivity contribution in [3.05, 3.63) is 349 Å². The molecule has 0 N–H and O–H groups in total. The van der Waals surface area contributed by atoms with Crippen LogP contribution < -0.4 is 25.6 Å². The second-order valence-corrected chi connectivity index (χ2v) is 26.4. The van der Waals surface area contributed by atoms with Crippen molar-refractivity contribution in [2.75, 3.05) is 4.90 Å². The molecule has 7 heteroatoms. The Morgan fingerprint density at radius 3 is 1.26 bits per heavy atom. The Balaban J connectivity index is 0.975. The number of aromatic nitrogens is 5. The second kappa shape index (κ2) is 19.9. The SMILES string of the molecule is [2H]c1c([2H])c([Si](c2ccc3c(c2)N(c2ccccc2)c2ccccc2C32c3ccccc3-c3ccccc32)(c2ccc3ccccc3c2)c2ccc3ccccc3c2)c([2H])c([2H])c1-c1nc(-n2c3c([2H])c([2H])c([2H])c([2H])c3c3c([2H])c([2H])c([2H])c([2H])c32)nc(-n2c3c([2H])c([2H])c([2H])c([2H])c3c3c([2H])c([2H])c([2H])c([2H])c32)n1. The van der Waals surface area contributed by atoms with Crippen molar-refractivity contribution in [2.24, 2.45) is 0 Å². The van der Waals surface area contributed by atoms with E-state index in [4.69, 9.17) is 25.9 Å². The van der Waals surface area contributed by atoms with Gasteiger partial charge in [0.2, 0.25) is 11.9 Å². The molecule has 1 aliphatic carbocycles. The number of para-hydroxylation sites is 6. The summed E-state index contributed by atoms with van der Waals surface area (Å²) in [6, 6.07) is 54.4. The molecular weight excluding hydrogens is 1120 g/mol. The summed E-state index contributed by atoms with van der Waals surface area (Å²) < 4.78 is 193. The number of nitrogens with zero attached hydrogens (tertiary/aromatic N) is 6. The van der Waals surface area contributed by atoms with E-state index in [-0.39, 0.29) is 5.19 Å². The molecule has 0 bridgehead atoms. The molecule has 6 nitrogen and oxygen atoms in total. The Kier molecular flexibility index (Phi) is 7.70. The minimum absolute atomic E-state index is 0.0150. The van der Waals surface area contributed by atoms with E-state index < -0.39 is 201 Å². The number of hydrogen-bond donors (Lipinski definition) is 0. The molecule has 0 saturated carbocycles. The molecule has 1 spiro atoms. The van der Waals surface area contributed by atoms with Gasteiger partial charge >= 0.3 is 0 Å². The molecular formula is C84H54N6Si. The first-order chi connectivity index (χ1) is 53.4. The zero-order valence-corrected chi connectivity index (χ0v) is 48.8. The maximum atomic E-state index is 11.1. The van der Waals surface area contributed by atoms with Gasteiger partial charge in [0.05, 0.1) is 66.3 Å². The van der Waals surface area contributed by atoms with Crippen LogP contribution in [-0.4, -0.2) is 32.2 Å². The van der Waals surface area contributed by atoms with Crippen molar-refractivity contribution >= 4 is 111 Å². The standard InChI is InChI=1S/C84H54N6Si/c1-2-26-60(27-3-1)88-79-41-21-16-36-73(79)84(71-34-14-8-28-65(71)66-29-9-15-35-72(66)84)74-51-50-64(54-80(74)88)91(62-48-42-55-22-4-6-24-58(55)52-62,63-49-43-56-23-5-7-25-59(56)53-63)61-46-44-57(45-47-61)81-85-82(89-75-37-17-10-30-67(75)68-31-11-18-38-76(68)89)87-83(86-81)90-77-39-19-12-32-69(77)70-33-13-20-40-78(70)90/h1-54H/i10D,11D,12D,13D,17D,18D,19D,20D,30D,31D,32D,33D,37D,38D,39D,40D,44D,45D,46D,47D. The largest absolute Gasteiger partial charge is 0.310 e. The van der Waals surface area contributed by atoms with Crippen molar-refractivity contribution in [1.82, 2.24) is 24.1 Å². The number of fused-ring (bicyclic) bond motifs is 17. The molecule has 91 heavy (non-hydrogen) atoms. The summed E-state index contributed by atoms with van der Waals surface area (Å²) in [7, 11) is -4.59. The summed E-state index contributed by atoms with van der Waals surface area (Å²) in [5.74, 6) is -2.26. The molecule has 1 aliphatic heterocycles. The summed E-state index contributed by atoms with van der Waals surface area (Å²) in [4.78, 5) is 17.0. The van der Waals surface area contributed by atoms with E-state index in [0.29, 0.717) is 15.6 Å². The van der Waals surface area contributed by atoms with Crippen LogP contribution in [0.5, 0.6) is 0 Å². The molecule has 17 aromatic rings. The minimum atomic E-state index is -4.59. The molecule has 0 fully saturated rings. The zero-order valence-electron chi connectivity index (χ0n) is 67.8. The first kappa shape index (κ1) is 35.3. The Morgan fingerprint density at radius 2 is 0.736 bits per heavy atom. The maximum absolute atomic E-state index is 11.1. The van der Waals surface area contributed by atoms with Gasteiger partial charge in [-0.3, -0.25) is 9.13 Å². The van der Waals surface area contributed by atoms with Gasteiger partial charge in [0, 0.05) is 32.8 Å². The van der Waals surface area contributed by atoms with Crippen molar-refractivity contribution in [3.63, 3.8) is 0 Å². The third kappa shape index (κ3) is 7.38. The van der Waals surface area contributed by atoms with E-state index in [9.17, 15) is 16.4 Å². The molecule has 4 heterocycles. The molecule has 0 atom stereocenters. The highest BCUT2D eigenvalue weighted by atomic mass is 28.3. The first-order valence-electron chi connectivity index (χ1n) is 39.6. The first-order valence-corrected chi connectivity index (χ1v) is 31.6. The number of benzene rings is 14. The molecule has 19 rings (SSSR count). The van der Waals surface area contributed by atoms with E-state index in [1.807, 2.05) is 109 Å². The maximum Gasteiger partial charge on any atom is 0.240 e. The van der Waals surface area contributed by atoms with Gasteiger partial charge in [-0.05, 0) is 124 Å². The predicted molar refractivity (Wildman–Crippen MR) is 378 cm³/mol. The molecule has 2 aliphatic rings. The zero-order chi connectivity index (χ0) is 77.2. The Hall–Kier alpha value is -11.8. The third-order valence-electron chi connectivity index (χ3n) is 18.3. The lowest BCUT2D eigenvalue weighted by Gasteiger charge is -2.46. The van der Waals surface area contributed by atoms with Crippen molar-refractivity contribution < 1.29 is 27.4 Å². The average molecular weight is 1200 g/mol. The normalized spacial score (nSPS) is 16.2. The Labute approximate surface area is 554 Å². The van der Waals surface area contributed by atoms with E-state index in [0.717, 1.165) is 81.1 Å². The quantitative estimate of drug-likeness (QED) is 0.112. The van der Waals surface area contributed by atoms with Crippen LogP contribution in [0.1, 0.15) is 49.7 Å². The fraction of sp³-hybridized carbons (Fsp3) is 0.0119. The van der Waals surface area contributed by atoms with E-state index in [1.165, 1.54) is 0 Å². The number of hydrogen-bond acceptors (Lipinski definition) is 4. The number of rotatable bonds is 8. The highest BCUT2D eigenvalue weighted by Gasteiger charge is 2.53. The van der Waals surface area contributed by atoms with Gasteiger partial charge in [-0.25, -0.2) is 0 Å². The summed E-state index contributed by atoms with van der Waals surface area (Å²) in [6.45, 7) is 0. The van der Waals surface area contributed by atoms with Crippen molar-refractivity contribution in [3.8, 4) is 34.4 Å². The molecule has 0 amide bonds. The van der Waals surface area contributed by atoms with Gasteiger partial charge in [0.1, 0.15) is 0 Å². The van der Waals surface area contributed by atoms with Crippen molar-refractivity contribution in [2.45, 2.75) is 5.41 Å². The highest BCUT2D eigenvalue weighted by molar-refractivity contribution is 7.20. The van der Waals surface area contributed by atoms with Crippen LogP contribution in [0.4, 0.5) is 17.1 Å². The van der Waals surface area contributed by atoms with Crippen LogP contribution in [0, 0.1) is 0 Å². The van der Waals surface area contributed by atoms with Gasteiger partial charge in [-0.2, -0.15) is 15.0 Å². The summed E-state index contributed by atoms with van der Waals surface area (Å²) in [5, 5.41) is 3.67. The minimum Gasteiger partial charge on any atom is -0.310 e. The lowest BCUT2D eigenvalue weighted by Crippen LogP contribution is -2.74. The van der Waals surface area contributed by atoms with E-state index in [1.54, 1.807) is 0 Å². The van der Waals surface area contributed by atoms with Crippen LogP contribution in [0.25, 0.3) is 99.6 Å². The van der Waals surface area contributed by atoms with Crippen LogP contribution in [0.3, 0.4) is 0 Å². The Bertz CT molecular complexity index is 6600. The van der Waals surface area contributed by atoms with Crippen LogP contribution in [0.15, 0.2) is 327 Å². The fourth-order valence-corrected chi connectivity index (χ4v) is 19.0. The second-order valence-electron chi connectivity index (χ2n) is 22.7. The molecule has 0 radical (unpaired) electrons. The molecule has 424 valence electrons. The predicted octanol–water partition coefficient (Wildman–Crippen LogP) is 17.6. The van der Waals surface area contributed by atoms with E-state index >= 15 is 0 Å². The van der Waals surface area contributed by atoms with Gasteiger partial charge in [-0.15, -0.1) is 0 Å². The number of anilines is 3. The molecule has 0 saturated heterocycles. The fourth-order valence-electron chi connectivity index (χ4n) is 14.5. The van der Waals surface area contributed by atoms with Gasteiger partial charge in [0.25, 0.3) is 0 Å². The summed E-state index contributed by atoms with van der Waals surface area (Å²) >= 11 is 0. The molecule has 0 unspecified atom stereocenters. The van der Waals surface area contributed by atoms with Crippen molar-refractivity contribution in [1.29, 1.82) is 0 Å². The summed E-state index contributed by atoms with van der Waals surface area (Å²) in [5.41, 5.74) is 5.13. The average Bonchev–Trinajstić information content (AvgIpc) is 1.59. The molecule has 14 aromatic carbocycles. The third-order valence-corrected chi connectivity index (χ3v) is 22.8. The summed E-state index contributed by atoms with van der Waals surface area (Å²) in [6.07, 6.45) is 0. The van der Waals surface area contributed by atoms with E-state index in [2.05, 4.69) is 102 Å². The van der Waals surface area contributed by atoms with Crippen LogP contribution in [-0.2, 0) is 5.41 Å². The smallest absolute Gasteiger partial charge is 0.240 e. The monoisotopic (exact) mass is 1190 g/mol. The van der Waals surface area contributed by atoms with Gasteiger partial charge in [-0.1, -0.05) is 279 Å². The van der Waals surface area contributed by atoms with Gasteiger partial charge in [0.15, 0.2) is 13.9 Å². The molecule has 3 aromatic heterocycles.